The van der Waals surface area contributed by atoms with Crippen LogP contribution in [0, 0.1) is 0 Å². The lowest BCUT2D eigenvalue weighted by Gasteiger charge is -2.08. The fourth-order valence-corrected chi connectivity index (χ4v) is 2.90. The minimum absolute atomic E-state index is 0.0302. The maximum absolute atomic E-state index is 11.8. The first-order chi connectivity index (χ1) is 12.2. The Kier molecular flexibility index (Phi) is 13.5. The van der Waals surface area contributed by atoms with E-state index < -0.39 is 10.1 Å². The number of hydrogen-bond donors (Lipinski definition) is 0. The van der Waals surface area contributed by atoms with E-state index in [-0.39, 0.29) is 18.1 Å². The van der Waals surface area contributed by atoms with E-state index in [1.807, 2.05) is 0 Å². The standard InChI is InChI=1S/C16H25IO7S/c17-6-7-20-8-9-21-10-11-22-12-13-23-14-15-24-25(18,19)16-4-2-1-3-5-16/h1-5H,6-15H2. The zero-order chi connectivity index (χ0) is 18.2. The third-order valence-electron chi connectivity index (χ3n) is 2.84. The molecule has 0 heterocycles. The van der Waals surface area contributed by atoms with Crippen LogP contribution in [0.15, 0.2) is 35.2 Å². The van der Waals surface area contributed by atoms with Gasteiger partial charge in [0.05, 0.1) is 64.4 Å². The quantitative estimate of drug-likeness (QED) is 0.152. The summed E-state index contributed by atoms with van der Waals surface area (Å²) in [5, 5.41) is 0. The van der Waals surface area contributed by atoms with Gasteiger partial charge in [-0.25, -0.2) is 0 Å². The molecule has 1 rings (SSSR count). The van der Waals surface area contributed by atoms with Crippen LogP contribution < -0.4 is 0 Å². The molecule has 9 heteroatoms. The summed E-state index contributed by atoms with van der Waals surface area (Å²) in [7, 11) is -3.72. The minimum Gasteiger partial charge on any atom is -0.378 e. The van der Waals surface area contributed by atoms with Gasteiger partial charge < -0.3 is 18.9 Å². The zero-order valence-corrected chi connectivity index (χ0v) is 17.1. The number of halogens is 1. The summed E-state index contributed by atoms with van der Waals surface area (Å²) in [6.45, 7) is 3.82. The molecule has 0 amide bonds. The predicted octanol–water partition coefficient (Wildman–Crippen LogP) is 1.89. The van der Waals surface area contributed by atoms with E-state index in [2.05, 4.69) is 22.6 Å². The van der Waals surface area contributed by atoms with Crippen molar-refractivity contribution in [3.63, 3.8) is 0 Å². The van der Waals surface area contributed by atoms with Crippen molar-refractivity contribution < 1.29 is 31.5 Å². The normalized spacial score (nSPS) is 11.7. The third kappa shape index (κ3) is 11.8. The van der Waals surface area contributed by atoms with Crippen molar-refractivity contribution in [3.8, 4) is 0 Å². The molecular formula is C16H25IO7S. The first-order valence-electron chi connectivity index (χ1n) is 7.98. The molecule has 0 spiro atoms. The fraction of sp³-hybridized carbons (Fsp3) is 0.625. The maximum atomic E-state index is 11.8. The van der Waals surface area contributed by atoms with Crippen molar-refractivity contribution in [3.05, 3.63) is 30.3 Å². The summed E-state index contributed by atoms with van der Waals surface area (Å²) in [4.78, 5) is 0.137. The highest BCUT2D eigenvalue weighted by molar-refractivity contribution is 14.1. The van der Waals surface area contributed by atoms with E-state index in [1.54, 1.807) is 18.2 Å². The van der Waals surface area contributed by atoms with Crippen LogP contribution in [0.2, 0.25) is 0 Å². The van der Waals surface area contributed by atoms with Gasteiger partial charge in [-0.05, 0) is 12.1 Å². The molecule has 0 aromatic heterocycles. The Morgan fingerprint density at radius 1 is 0.680 bits per heavy atom. The molecule has 0 aliphatic rings. The molecule has 0 bridgehead atoms. The van der Waals surface area contributed by atoms with Gasteiger partial charge >= 0.3 is 0 Å². The summed E-state index contributed by atoms with van der Waals surface area (Å²) in [5.74, 6) is 0. The Hall–Kier alpha value is -0.300. The predicted molar refractivity (Wildman–Crippen MR) is 102 cm³/mol. The van der Waals surface area contributed by atoms with Gasteiger partial charge in [0.2, 0.25) is 0 Å². The van der Waals surface area contributed by atoms with Gasteiger partial charge in [-0.3, -0.25) is 4.18 Å². The Labute approximate surface area is 163 Å². The molecule has 0 radical (unpaired) electrons. The molecule has 0 atom stereocenters. The van der Waals surface area contributed by atoms with Crippen molar-refractivity contribution >= 4 is 32.7 Å². The molecule has 0 N–H and O–H groups in total. The monoisotopic (exact) mass is 488 g/mol. The van der Waals surface area contributed by atoms with Crippen molar-refractivity contribution in [2.45, 2.75) is 4.90 Å². The minimum atomic E-state index is -3.72. The Morgan fingerprint density at radius 3 is 1.60 bits per heavy atom. The highest BCUT2D eigenvalue weighted by Gasteiger charge is 2.13. The number of hydrogen-bond acceptors (Lipinski definition) is 7. The molecule has 0 saturated heterocycles. The average Bonchev–Trinajstić information content (AvgIpc) is 2.63. The van der Waals surface area contributed by atoms with E-state index in [0.717, 1.165) is 11.0 Å². The Bertz CT molecular complexity index is 525. The molecule has 25 heavy (non-hydrogen) atoms. The lowest BCUT2D eigenvalue weighted by molar-refractivity contribution is -0.00287. The third-order valence-corrected chi connectivity index (χ3v) is 4.60. The van der Waals surface area contributed by atoms with Crippen LogP contribution in [0.5, 0.6) is 0 Å². The lowest BCUT2D eigenvalue weighted by atomic mass is 10.4. The Morgan fingerprint density at radius 2 is 1.12 bits per heavy atom. The van der Waals surface area contributed by atoms with Gasteiger partial charge in [0.15, 0.2) is 0 Å². The SMILES string of the molecule is O=S(=O)(OCCOCCOCCOCCOCCI)c1ccccc1. The van der Waals surface area contributed by atoms with E-state index in [0.29, 0.717) is 39.6 Å². The molecule has 0 unspecified atom stereocenters. The average molecular weight is 488 g/mol. The molecule has 0 fully saturated rings. The first-order valence-corrected chi connectivity index (χ1v) is 10.9. The second kappa shape index (κ2) is 14.8. The maximum Gasteiger partial charge on any atom is 0.297 e. The second-order valence-corrected chi connectivity index (χ2v) is 7.42. The molecule has 1 aromatic rings. The highest BCUT2D eigenvalue weighted by Crippen LogP contribution is 2.10. The molecule has 0 saturated carbocycles. The van der Waals surface area contributed by atoms with Crippen molar-refractivity contribution in [2.75, 3.05) is 63.9 Å². The fourth-order valence-electron chi connectivity index (χ4n) is 1.67. The van der Waals surface area contributed by atoms with Gasteiger partial charge in [-0.1, -0.05) is 40.8 Å². The number of ether oxygens (including phenoxy) is 4. The second-order valence-electron chi connectivity index (χ2n) is 4.73. The van der Waals surface area contributed by atoms with Crippen LogP contribution in [0.3, 0.4) is 0 Å². The van der Waals surface area contributed by atoms with Gasteiger partial charge in [0.1, 0.15) is 0 Å². The topological polar surface area (TPSA) is 80.3 Å². The zero-order valence-electron chi connectivity index (χ0n) is 14.1. The van der Waals surface area contributed by atoms with Crippen LogP contribution in [0.4, 0.5) is 0 Å². The van der Waals surface area contributed by atoms with Gasteiger partial charge in [0.25, 0.3) is 10.1 Å². The van der Waals surface area contributed by atoms with E-state index in [9.17, 15) is 8.42 Å². The number of rotatable bonds is 16. The lowest BCUT2D eigenvalue weighted by Crippen LogP contribution is -2.15. The Balaban J connectivity index is 1.89. The molecule has 144 valence electrons. The molecular weight excluding hydrogens is 463 g/mol. The van der Waals surface area contributed by atoms with Crippen LogP contribution in [0.1, 0.15) is 0 Å². The molecule has 0 aliphatic heterocycles. The summed E-state index contributed by atoms with van der Waals surface area (Å²) in [6.07, 6.45) is 0. The number of alkyl halides is 1. The van der Waals surface area contributed by atoms with Crippen LogP contribution >= 0.6 is 22.6 Å². The van der Waals surface area contributed by atoms with Crippen LogP contribution in [-0.2, 0) is 33.2 Å². The highest BCUT2D eigenvalue weighted by atomic mass is 127. The molecule has 0 aliphatic carbocycles. The van der Waals surface area contributed by atoms with Gasteiger partial charge in [-0.2, -0.15) is 8.42 Å². The summed E-state index contributed by atoms with van der Waals surface area (Å²) >= 11 is 2.25. The van der Waals surface area contributed by atoms with E-state index in [1.165, 1.54) is 12.1 Å². The summed E-state index contributed by atoms with van der Waals surface area (Å²) in [5.41, 5.74) is 0. The number of benzene rings is 1. The largest absolute Gasteiger partial charge is 0.378 e. The van der Waals surface area contributed by atoms with Crippen molar-refractivity contribution in [2.24, 2.45) is 0 Å². The molecule has 1 aromatic carbocycles. The van der Waals surface area contributed by atoms with Crippen LogP contribution in [-0.4, -0.2) is 72.3 Å². The van der Waals surface area contributed by atoms with E-state index in [4.69, 9.17) is 23.1 Å². The van der Waals surface area contributed by atoms with Crippen molar-refractivity contribution in [1.82, 2.24) is 0 Å². The summed E-state index contributed by atoms with van der Waals surface area (Å²) < 4.78 is 50.7. The molecule has 7 nitrogen and oxygen atoms in total. The van der Waals surface area contributed by atoms with Crippen molar-refractivity contribution in [1.29, 1.82) is 0 Å². The van der Waals surface area contributed by atoms with Gasteiger partial charge in [0, 0.05) is 4.43 Å². The smallest absolute Gasteiger partial charge is 0.297 e. The van der Waals surface area contributed by atoms with Gasteiger partial charge in [-0.15, -0.1) is 0 Å². The first kappa shape index (κ1) is 22.7. The summed E-state index contributed by atoms with van der Waals surface area (Å²) in [6, 6.07) is 8.01. The van der Waals surface area contributed by atoms with E-state index >= 15 is 0 Å². The van der Waals surface area contributed by atoms with Crippen LogP contribution in [0.25, 0.3) is 0 Å².